The molecule has 1 aliphatic carbocycles. The number of rotatable bonds is 3. The SMILES string of the molecule is BrC[C@H]1C[C@@H]1c1ccccc1-c1ccccc1. The molecule has 86 valence electrons. The largest absolute Gasteiger partial charge is 0.0925 e. The van der Waals surface area contributed by atoms with Gasteiger partial charge in [-0.3, -0.25) is 0 Å². The monoisotopic (exact) mass is 286 g/mol. The second kappa shape index (κ2) is 4.66. The first-order valence-electron chi connectivity index (χ1n) is 6.10. The highest BCUT2D eigenvalue weighted by atomic mass is 79.9. The van der Waals surface area contributed by atoms with Crippen LogP contribution >= 0.6 is 15.9 Å². The summed E-state index contributed by atoms with van der Waals surface area (Å²) in [5, 5.41) is 1.13. The molecule has 0 spiro atoms. The molecule has 1 fully saturated rings. The van der Waals surface area contributed by atoms with Crippen molar-refractivity contribution in [2.24, 2.45) is 5.92 Å². The number of hydrogen-bond acceptors (Lipinski definition) is 0. The van der Waals surface area contributed by atoms with E-state index < -0.39 is 0 Å². The van der Waals surface area contributed by atoms with Crippen molar-refractivity contribution in [1.82, 2.24) is 0 Å². The number of halogens is 1. The first-order chi connectivity index (χ1) is 8.40. The van der Waals surface area contributed by atoms with E-state index in [0.717, 1.165) is 17.2 Å². The molecule has 0 radical (unpaired) electrons. The fraction of sp³-hybridized carbons (Fsp3) is 0.250. The van der Waals surface area contributed by atoms with E-state index in [-0.39, 0.29) is 0 Å². The van der Waals surface area contributed by atoms with Crippen LogP contribution in [0.3, 0.4) is 0 Å². The lowest BCUT2D eigenvalue weighted by Gasteiger charge is -2.09. The van der Waals surface area contributed by atoms with Gasteiger partial charge in [-0.15, -0.1) is 0 Å². The molecule has 0 aromatic heterocycles. The average Bonchev–Trinajstić information content (AvgIpc) is 3.19. The zero-order chi connectivity index (χ0) is 11.7. The van der Waals surface area contributed by atoms with Crippen LogP contribution in [0.15, 0.2) is 54.6 Å². The Balaban J connectivity index is 2.00. The van der Waals surface area contributed by atoms with Gasteiger partial charge in [-0.25, -0.2) is 0 Å². The van der Waals surface area contributed by atoms with Gasteiger partial charge < -0.3 is 0 Å². The van der Waals surface area contributed by atoms with E-state index in [0.29, 0.717) is 0 Å². The van der Waals surface area contributed by atoms with Crippen molar-refractivity contribution in [3.8, 4) is 11.1 Å². The van der Waals surface area contributed by atoms with E-state index in [1.807, 2.05) is 0 Å². The predicted molar refractivity (Wildman–Crippen MR) is 76.5 cm³/mol. The smallest absolute Gasteiger partial charge is 0.00657 e. The van der Waals surface area contributed by atoms with Gasteiger partial charge in [0.1, 0.15) is 0 Å². The molecule has 1 aliphatic rings. The number of benzene rings is 2. The van der Waals surface area contributed by atoms with Gasteiger partial charge in [0.15, 0.2) is 0 Å². The lowest BCUT2D eigenvalue weighted by atomic mass is 9.96. The highest BCUT2D eigenvalue weighted by Crippen LogP contribution is 2.50. The third-order valence-corrected chi connectivity index (χ3v) is 4.40. The maximum atomic E-state index is 3.59. The van der Waals surface area contributed by atoms with E-state index in [1.54, 1.807) is 0 Å². The van der Waals surface area contributed by atoms with Crippen molar-refractivity contribution >= 4 is 15.9 Å². The predicted octanol–water partition coefficient (Wildman–Crippen LogP) is 4.85. The lowest BCUT2D eigenvalue weighted by molar-refractivity contribution is 0.938. The summed E-state index contributed by atoms with van der Waals surface area (Å²) in [4.78, 5) is 0. The summed E-state index contributed by atoms with van der Waals surface area (Å²) in [6.07, 6.45) is 1.33. The number of hydrogen-bond donors (Lipinski definition) is 0. The van der Waals surface area contributed by atoms with Crippen LogP contribution in [0.5, 0.6) is 0 Å². The molecular formula is C16H15Br. The molecule has 0 unspecified atom stereocenters. The summed E-state index contributed by atoms with van der Waals surface area (Å²) in [7, 11) is 0. The summed E-state index contributed by atoms with van der Waals surface area (Å²) >= 11 is 3.59. The first kappa shape index (κ1) is 11.0. The van der Waals surface area contributed by atoms with Crippen LogP contribution in [0.2, 0.25) is 0 Å². The summed E-state index contributed by atoms with van der Waals surface area (Å²) in [5.41, 5.74) is 4.26. The van der Waals surface area contributed by atoms with Gasteiger partial charge >= 0.3 is 0 Å². The van der Waals surface area contributed by atoms with Crippen LogP contribution in [-0.4, -0.2) is 5.33 Å². The zero-order valence-corrected chi connectivity index (χ0v) is 11.2. The molecule has 2 aromatic rings. The van der Waals surface area contributed by atoms with E-state index in [4.69, 9.17) is 0 Å². The second-order valence-corrected chi connectivity index (χ2v) is 5.36. The molecule has 0 bridgehead atoms. The van der Waals surface area contributed by atoms with Crippen molar-refractivity contribution in [3.63, 3.8) is 0 Å². The quantitative estimate of drug-likeness (QED) is 0.708. The summed E-state index contributed by atoms with van der Waals surface area (Å²) < 4.78 is 0. The van der Waals surface area contributed by atoms with Crippen LogP contribution in [0.1, 0.15) is 17.9 Å². The molecule has 0 saturated heterocycles. The normalized spacial score (nSPS) is 22.4. The van der Waals surface area contributed by atoms with Crippen LogP contribution in [0.25, 0.3) is 11.1 Å². The van der Waals surface area contributed by atoms with Crippen molar-refractivity contribution in [2.75, 3.05) is 5.33 Å². The Morgan fingerprint density at radius 3 is 2.35 bits per heavy atom. The van der Waals surface area contributed by atoms with Crippen molar-refractivity contribution < 1.29 is 0 Å². The molecule has 1 heteroatoms. The summed E-state index contributed by atoms with van der Waals surface area (Å²) in [5.74, 6) is 1.59. The van der Waals surface area contributed by atoms with Crippen LogP contribution in [0, 0.1) is 5.92 Å². The Morgan fingerprint density at radius 2 is 1.65 bits per heavy atom. The Kier molecular flexibility index (Phi) is 3.02. The highest BCUT2D eigenvalue weighted by Gasteiger charge is 2.38. The van der Waals surface area contributed by atoms with Gasteiger partial charge in [-0.2, -0.15) is 0 Å². The van der Waals surface area contributed by atoms with Crippen LogP contribution in [0.4, 0.5) is 0 Å². The van der Waals surface area contributed by atoms with Gasteiger partial charge in [0.25, 0.3) is 0 Å². The van der Waals surface area contributed by atoms with E-state index in [2.05, 4.69) is 70.5 Å². The standard InChI is InChI=1S/C16H15Br/c17-11-13-10-16(13)15-9-5-4-8-14(15)12-6-2-1-3-7-12/h1-9,13,16H,10-11H2/t13-,16+/m1/s1. The number of alkyl halides is 1. The van der Waals surface area contributed by atoms with E-state index >= 15 is 0 Å². The van der Waals surface area contributed by atoms with Gasteiger partial charge in [0.2, 0.25) is 0 Å². The summed E-state index contributed by atoms with van der Waals surface area (Å²) in [6, 6.07) is 19.5. The van der Waals surface area contributed by atoms with Crippen molar-refractivity contribution in [3.05, 3.63) is 60.2 Å². The molecule has 0 aliphatic heterocycles. The molecule has 0 amide bonds. The van der Waals surface area contributed by atoms with Gasteiger partial charge in [-0.1, -0.05) is 70.5 Å². The molecule has 0 nitrogen and oxygen atoms in total. The average molecular weight is 287 g/mol. The Morgan fingerprint density at radius 1 is 0.941 bits per heavy atom. The van der Waals surface area contributed by atoms with E-state index in [9.17, 15) is 0 Å². The first-order valence-corrected chi connectivity index (χ1v) is 7.22. The zero-order valence-electron chi connectivity index (χ0n) is 9.64. The molecule has 2 aromatic carbocycles. The third-order valence-electron chi connectivity index (χ3n) is 3.57. The Labute approximate surface area is 111 Å². The Hall–Kier alpha value is -1.08. The summed E-state index contributed by atoms with van der Waals surface area (Å²) in [6.45, 7) is 0. The maximum Gasteiger partial charge on any atom is 0.00657 e. The topological polar surface area (TPSA) is 0 Å². The molecule has 3 rings (SSSR count). The molecular weight excluding hydrogens is 272 g/mol. The van der Waals surface area contributed by atoms with Gasteiger partial charge in [0, 0.05) is 5.33 Å². The van der Waals surface area contributed by atoms with Crippen LogP contribution in [-0.2, 0) is 0 Å². The molecule has 0 N–H and O–H groups in total. The maximum absolute atomic E-state index is 3.59. The minimum absolute atomic E-state index is 0.755. The second-order valence-electron chi connectivity index (χ2n) is 4.71. The molecule has 17 heavy (non-hydrogen) atoms. The Bertz CT molecular complexity index is 504. The third kappa shape index (κ3) is 2.16. The van der Waals surface area contributed by atoms with E-state index in [1.165, 1.54) is 23.1 Å². The highest BCUT2D eigenvalue weighted by molar-refractivity contribution is 9.09. The van der Waals surface area contributed by atoms with Crippen LogP contribution < -0.4 is 0 Å². The minimum atomic E-state index is 0.755. The molecule has 0 heterocycles. The minimum Gasteiger partial charge on any atom is -0.0925 e. The fourth-order valence-corrected chi connectivity index (χ4v) is 3.22. The van der Waals surface area contributed by atoms with Gasteiger partial charge in [-0.05, 0) is 34.9 Å². The lowest BCUT2D eigenvalue weighted by Crippen LogP contribution is -1.89. The van der Waals surface area contributed by atoms with Crippen molar-refractivity contribution in [2.45, 2.75) is 12.3 Å². The fourth-order valence-electron chi connectivity index (χ4n) is 2.50. The molecule has 2 atom stereocenters. The van der Waals surface area contributed by atoms with Gasteiger partial charge in [0.05, 0.1) is 0 Å². The molecule has 1 saturated carbocycles. The van der Waals surface area contributed by atoms with Crippen molar-refractivity contribution in [1.29, 1.82) is 0 Å².